The van der Waals surface area contributed by atoms with Crippen LogP contribution in [0.15, 0.2) is 35.2 Å². The molecule has 2 aromatic rings. The van der Waals surface area contributed by atoms with E-state index in [1.54, 1.807) is 25.1 Å². The monoisotopic (exact) mass is 412 g/mol. The first-order chi connectivity index (χ1) is 12.7. The van der Waals surface area contributed by atoms with E-state index in [1.807, 2.05) is 13.8 Å². The maximum Gasteiger partial charge on any atom is 0.348 e. The smallest absolute Gasteiger partial charge is 0.348 e. The highest BCUT2D eigenvalue weighted by molar-refractivity contribution is 7.86. The third-order valence-corrected chi connectivity index (χ3v) is 6.50. The lowest BCUT2D eigenvalue weighted by atomic mass is 10.1. The van der Waals surface area contributed by atoms with Gasteiger partial charge in [0.25, 0.3) is 10.1 Å². The first-order valence-corrected chi connectivity index (χ1v) is 10.9. The van der Waals surface area contributed by atoms with Gasteiger partial charge in [0.1, 0.15) is 4.88 Å². The van der Waals surface area contributed by atoms with Crippen LogP contribution in [-0.4, -0.2) is 38.8 Å². The number of benzene rings is 1. The number of aliphatic hydroxyl groups is 1. The second-order valence-electron chi connectivity index (χ2n) is 6.18. The lowest BCUT2D eigenvalue weighted by Gasteiger charge is -2.11. The Labute approximate surface area is 163 Å². The lowest BCUT2D eigenvalue weighted by Crippen LogP contribution is -2.19. The molecule has 2 rings (SSSR count). The molecular formula is C19H24O6S2. The summed E-state index contributed by atoms with van der Waals surface area (Å²) in [5.74, 6) is -0.357. The minimum absolute atomic E-state index is 0.0634. The molecule has 27 heavy (non-hydrogen) atoms. The van der Waals surface area contributed by atoms with E-state index in [2.05, 4.69) is 0 Å². The van der Waals surface area contributed by atoms with Gasteiger partial charge >= 0.3 is 5.97 Å². The summed E-state index contributed by atoms with van der Waals surface area (Å²) in [5, 5.41) is 10.1. The zero-order valence-electron chi connectivity index (χ0n) is 15.6. The van der Waals surface area contributed by atoms with E-state index in [4.69, 9.17) is 8.92 Å². The topological polar surface area (TPSA) is 89.9 Å². The molecule has 0 fully saturated rings. The van der Waals surface area contributed by atoms with Gasteiger partial charge in [-0.3, -0.25) is 4.18 Å². The van der Waals surface area contributed by atoms with Gasteiger partial charge in [-0.15, -0.1) is 11.3 Å². The average Bonchev–Trinajstić information content (AvgIpc) is 3.00. The van der Waals surface area contributed by atoms with Crippen molar-refractivity contribution in [2.75, 3.05) is 13.2 Å². The van der Waals surface area contributed by atoms with Gasteiger partial charge in [0, 0.05) is 4.88 Å². The summed E-state index contributed by atoms with van der Waals surface area (Å²) in [6.45, 7) is 5.50. The van der Waals surface area contributed by atoms with E-state index in [0.29, 0.717) is 24.3 Å². The Morgan fingerprint density at radius 1 is 1.22 bits per heavy atom. The van der Waals surface area contributed by atoms with Crippen molar-refractivity contribution in [3.63, 3.8) is 0 Å². The predicted molar refractivity (Wildman–Crippen MR) is 104 cm³/mol. The molecule has 1 heterocycles. The number of carbonyl (C=O) groups excluding carboxylic acids is 1. The quantitative estimate of drug-likeness (QED) is 0.502. The number of aliphatic hydroxyl groups excluding tert-OH is 1. The fourth-order valence-corrected chi connectivity index (χ4v) is 4.42. The molecule has 0 spiro atoms. The van der Waals surface area contributed by atoms with Crippen molar-refractivity contribution in [1.82, 2.24) is 0 Å². The number of rotatable bonds is 9. The molecule has 0 bridgehead atoms. The van der Waals surface area contributed by atoms with Gasteiger partial charge in [-0.2, -0.15) is 8.42 Å². The third-order valence-electron chi connectivity index (χ3n) is 3.93. The number of hydrogen-bond acceptors (Lipinski definition) is 7. The van der Waals surface area contributed by atoms with Crippen LogP contribution in [0.2, 0.25) is 0 Å². The fourth-order valence-electron chi connectivity index (χ4n) is 2.39. The van der Waals surface area contributed by atoms with E-state index in [-0.39, 0.29) is 17.5 Å². The van der Waals surface area contributed by atoms with Crippen LogP contribution in [0.5, 0.6) is 0 Å². The summed E-state index contributed by atoms with van der Waals surface area (Å²) in [7, 11) is -3.90. The van der Waals surface area contributed by atoms with Crippen LogP contribution >= 0.6 is 11.3 Å². The van der Waals surface area contributed by atoms with E-state index < -0.39 is 16.2 Å². The molecule has 0 aliphatic heterocycles. The Morgan fingerprint density at radius 2 is 1.89 bits per heavy atom. The molecular weight excluding hydrogens is 388 g/mol. The average molecular weight is 413 g/mol. The van der Waals surface area contributed by atoms with Crippen LogP contribution in [0.1, 0.15) is 39.0 Å². The molecule has 148 valence electrons. The first kappa shape index (κ1) is 21.6. The van der Waals surface area contributed by atoms with Crippen LogP contribution in [-0.2, 0) is 25.5 Å². The molecule has 1 aromatic carbocycles. The number of aryl methyl sites for hydroxylation is 3. The van der Waals surface area contributed by atoms with Gasteiger partial charge in [-0.25, -0.2) is 4.79 Å². The van der Waals surface area contributed by atoms with Gasteiger partial charge in [-0.1, -0.05) is 17.7 Å². The second-order valence-corrected chi connectivity index (χ2v) is 8.93. The van der Waals surface area contributed by atoms with Gasteiger partial charge in [0.05, 0.1) is 24.2 Å². The zero-order chi connectivity index (χ0) is 20.0. The van der Waals surface area contributed by atoms with Crippen molar-refractivity contribution in [3.8, 4) is 0 Å². The molecule has 0 aliphatic carbocycles. The van der Waals surface area contributed by atoms with Crippen LogP contribution in [0, 0.1) is 13.8 Å². The summed E-state index contributed by atoms with van der Waals surface area (Å²) in [6, 6.07) is 8.09. The van der Waals surface area contributed by atoms with E-state index >= 15 is 0 Å². The van der Waals surface area contributed by atoms with Crippen LogP contribution < -0.4 is 0 Å². The normalized spacial score (nSPS) is 12.7. The van der Waals surface area contributed by atoms with Crippen molar-refractivity contribution in [1.29, 1.82) is 0 Å². The largest absolute Gasteiger partial charge is 0.462 e. The van der Waals surface area contributed by atoms with E-state index in [9.17, 15) is 18.3 Å². The molecule has 0 saturated heterocycles. The second kappa shape index (κ2) is 9.45. The summed E-state index contributed by atoms with van der Waals surface area (Å²) in [6.07, 6.45) is -0.0873. The number of thiophene rings is 1. The van der Waals surface area contributed by atoms with E-state index in [0.717, 1.165) is 16.0 Å². The number of hydrogen-bond donors (Lipinski definition) is 1. The molecule has 8 heteroatoms. The molecule has 6 nitrogen and oxygen atoms in total. The Hall–Kier alpha value is -1.74. The minimum atomic E-state index is -3.90. The van der Waals surface area contributed by atoms with E-state index in [1.165, 1.54) is 23.5 Å². The molecule has 0 aliphatic rings. The highest BCUT2D eigenvalue weighted by Crippen LogP contribution is 2.24. The molecule has 1 atom stereocenters. The Morgan fingerprint density at radius 3 is 2.52 bits per heavy atom. The molecule has 0 radical (unpaired) electrons. The standard InChI is InChI=1S/C19H24O6S2/c1-4-24-19(21)18-11-14(3)17(26-18)10-7-15(20)12-25-27(22,23)16-8-5-13(2)6-9-16/h5-6,8-9,11,15,20H,4,7,10,12H2,1-3H3. The van der Waals surface area contributed by atoms with Gasteiger partial charge in [-0.05, 0) is 57.4 Å². The van der Waals surface area contributed by atoms with Crippen LogP contribution in [0.3, 0.4) is 0 Å². The molecule has 0 saturated carbocycles. The number of esters is 1. The summed E-state index contributed by atoms with van der Waals surface area (Å²) < 4.78 is 34.2. The lowest BCUT2D eigenvalue weighted by molar-refractivity contribution is 0.0532. The minimum Gasteiger partial charge on any atom is -0.462 e. The summed E-state index contributed by atoms with van der Waals surface area (Å²) in [4.78, 5) is 13.3. The Kier molecular flexibility index (Phi) is 7.55. The SMILES string of the molecule is CCOC(=O)c1cc(C)c(CCC(O)COS(=O)(=O)c2ccc(C)cc2)s1. The van der Waals surface area contributed by atoms with Gasteiger partial charge in [0.2, 0.25) is 0 Å². The van der Waals surface area contributed by atoms with Crippen LogP contribution in [0.25, 0.3) is 0 Å². The predicted octanol–water partition coefficient (Wildman–Crippen LogP) is 3.24. The van der Waals surface area contributed by atoms with Crippen molar-refractivity contribution < 1.29 is 27.2 Å². The maximum atomic E-state index is 12.1. The third kappa shape index (κ3) is 6.14. The van der Waals surface area contributed by atoms with Crippen molar-refractivity contribution in [3.05, 3.63) is 51.2 Å². The number of ether oxygens (including phenoxy) is 1. The zero-order valence-corrected chi connectivity index (χ0v) is 17.2. The Balaban J connectivity index is 1.88. The van der Waals surface area contributed by atoms with Crippen molar-refractivity contribution >= 4 is 27.4 Å². The fraction of sp³-hybridized carbons (Fsp3) is 0.421. The molecule has 0 amide bonds. The highest BCUT2D eigenvalue weighted by Gasteiger charge is 2.18. The van der Waals surface area contributed by atoms with Crippen molar-refractivity contribution in [2.45, 2.75) is 44.6 Å². The maximum absolute atomic E-state index is 12.1. The molecule has 1 N–H and O–H groups in total. The van der Waals surface area contributed by atoms with Crippen molar-refractivity contribution in [2.24, 2.45) is 0 Å². The summed E-state index contributed by atoms with van der Waals surface area (Å²) >= 11 is 1.33. The van der Waals surface area contributed by atoms with Crippen LogP contribution in [0.4, 0.5) is 0 Å². The number of carbonyl (C=O) groups is 1. The van der Waals surface area contributed by atoms with Gasteiger partial charge in [0.15, 0.2) is 0 Å². The summed E-state index contributed by atoms with van der Waals surface area (Å²) in [5.41, 5.74) is 1.89. The first-order valence-electron chi connectivity index (χ1n) is 8.63. The highest BCUT2D eigenvalue weighted by atomic mass is 32.2. The Bertz CT molecular complexity index is 868. The molecule has 1 unspecified atom stereocenters. The molecule has 1 aromatic heterocycles. The van der Waals surface area contributed by atoms with Gasteiger partial charge < -0.3 is 9.84 Å².